The van der Waals surface area contributed by atoms with E-state index < -0.39 is 0 Å². The van der Waals surface area contributed by atoms with Crippen molar-refractivity contribution >= 4 is 11.4 Å². The van der Waals surface area contributed by atoms with Gasteiger partial charge in [0, 0.05) is 38.5 Å². The summed E-state index contributed by atoms with van der Waals surface area (Å²) in [4.78, 5) is 12.6. The summed E-state index contributed by atoms with van der Waals surface area (Å²) >= 11 is 0. The third-order valence-corrected chi connectivity index (χ3v) is 4.67. The molecule has 0 unspecified atom stereocenters. The van der Waals surface area contributed by atoms with Crippen LogP contribution in [-0.4, -0.2) is 43.7 Å². The summed E-state index contributed by atoms with van der Waals surface area (Å²) in [5.41, 5.74) is 2.27. The van der Waals surface area contributed by atoms with Crippen molar-refractivity contribution in [2.24, 2.45) is 13.0 Å². The topological polar surface area (TPSA) is 86.3 Å². The van der Waals surface area contributed by atoms with E-state index in [9.17, 15) is 4.79 Å². The molecule has 1 saturated heterocycles. The second-order valence-electron chi connectivity index (χ2n) is 6.24. The predicted octanol–water partition coefficient (Wildman–Crippen LogP) is 1.36. The molecule has 0 saturated carbocycles. The predicted molar refractivity (Wildman–Crippen MR) is 89.9 cm³/mol. The van der Waals surface area contributed by atoms with E-state index in [2.05, 4.69) is 20.6 Å². The highest BCUT2D eigenvalue weighted by atomic mass is 16.5. The van der Waals surface area contributed by atoms with Gasteiger partial charge in [0.05, 0.1) is 17.5 Å². The van der Waals surface area contributed by atoms with Gasteiger partial charge in [-0.25, -0.2) is 0 Å². The number of carbonyl (C=O) groups excluding carboxylic acids is 1. The summed E-state index contributed by atoms with van der Waals surface area (Å²) < 4.78 is 9.26. The number of aromatic nitrogens is 5. The highest BCUT2D eigenvalue weighted by Crippen LogP contribution is 2.32. The molecule has 0 spiro atoms. The quantitative estimate of drug-likeness (QED) is 0.775. The number of hydrogen-bond acceptors (Lipinski definition) is 5. The van der Waals surface area contributed by atoms with Crippen LogP contribution >= 0.6 is 0 Å². The number of amides is 1. The average molecular weight is 340 g/mol. The number of nitrogens with zero attached hydrogens (tertiary/aromatic N) is 5. The van der Waals surface area contributed by atoms with E-state index in [1.807, 2.05) is 23.9 Å². The molecule has 1 fully saturated rings. The minimum Gasteiger partial charge on any atom is -0.372 e. The minimum absolute atomic E-state index is 0.0490. The molecule has 25 heavy (non-hydrogen) atoms. The van der Waals surface area contributed by atoms with Gasteiger partial charge >= 0.3 is 0 Å². The van der Waals surface area contributed by atoms with Gasteiger partial charge in [0.15, 0.2) is 0 Å². The van der Waals surface area contributed by atoms with Gasteiger partial charge < -0.3 is 10.1 Å². The van der Waals surface area contributed by atoms with Crippen molar-refractivity contribution in [3.8, 4) is 0 Å². The van der Waals surface area contributed by atoms with Crippen molar-refractivity contribution < 1.29 is 9.53 Å². The average Bonchev–Trinajstić information content (AvgIpc) is 3.26. The number of ether oxygens (including phenoxy) is 1. The molecule has 8 nitrogen and oxygen atoms in total. The number of fused-ring (bicyclic) bond motifs is 1. The molecule has 0 aromatic carbocycles. The zero-order chi connectivity index (χ0) is 17.2. The Morgan fingerprint density at radius 1 is 1.32 bits per heavy atom. The molecule has 1 amide bonds. The van der Waals surface area contributed by atoms with Gasteiger partial charge in [0.25, 0.3) is 5.91 Å². The molecule has 0 radical (unpaired) electrons. The van der Waals surface area contributed by atoms with Crippen LogP contribution in [0.4, 0.5) is 0 Å². The zero-order valence-electron chi connectivity index (χ0n) is 14.0. The minimum atomic E-state index is -0.141. The van der Waals surface area contributed by atoms with Crippen molar-refractivity contribution in [1.29, 1.82) is 0 Å². The molecule has 8 heteroatoms. The van der Waals surface area contributed by atoms with Crippen molar-refractivity contribution in [3.05, 3.63) is 48.0 Å². The summed E-state index contributed by atoms with van der Waals surface area (Å²) in [6.45, 7) is 1.28. The van der Waals surface area contributed by atoms with E-state index in [-0.39, 0.29) is 17.9 Å². The third-order valence-electron chi connectivity index (χ3n) is 4.67. The van der Waals surface area contributed by atoms with Crippen LogP contribution in [-0.2, 0) is 11.8 Å². The Morgan fingerprint density at radius 2 is 2.24 bits per heavy atom. The van der Waals surface area contributed by atoms with Crippen LogP contribution in [0.2, 0.25) is 0 Å². The summed E-state index contributed by atoms with van der Waals surface area (Å²) in [7, 11) is 1.91. The maximum atomic E-state index is 12.6. The van der Waals surface area contributed by atoms with Gasteiger partial charge in [-0.15, -0.1) is 0 Å². The maximum absolute atomic E-state index is 12.6. The van der Waals surface area contributed by atoms with E-state index >= 15 is 0 Å². The molecule has 0 aliphatic carbocycles. The first kappa shape index (κ1) is 15.8. The molecule has 1 N–H and O–H groups in total. The molecule has 0 bridgehead atoms. The monoisotopic (exact) mass is 340 g/mol. The Morgan fingerprint density at radius 3 is 3.08 bits per heavy atom. The van der Waals surface area contributed by atoms with Crippen molar-refractivity contribution in [1.82, 2.24) is 29.9 Å². The molecular formula is C17H20N6O2. The van der Waals surface area contributed by atoms with Gasteiger partial charge in [0.1, 0.15) is 11.6 Å². The summed E-state index contributed by atoms with van der Waals surface area (Å²) in [6, 6.07) is 5.60. The lowest BCUT2D eigenvalue weighted by Crippen LogP contribution is -2.35. The first-order valence-electron chi connectivity index (χ1n) is 8.41. The lowest BCUT2D eigenvalue weighted by atomic mass is 9.92. The Hall–Kier alpha value is -2.74. The smallest absolute Gasteiger partial charge is 0.255 e. The van der Waals surface area contributed by atoms with E-state index in [0.29, 0.717) is 17.6 Å². The van der Waals surface area contributed by atoms with E-state index in [1.54, 1.807) is 24.7 Å². The van der Waals surface area contributed by atoms with E-state index in [0.717, 1.165) is 25.1 Å². The van der Waals surface area contributed by atoms with Crippen LogP contribution in [0.5, 0.6) is 0 Å². The van der Waals surface area contributed by atoms with Gasteiger partial charge in [0.2, 0.25) is 0 Å². The molecule has 4 rings (SSSR count). The fourth-order valence-corrected chi connectivity index (χ4v) is 3.37. The fourth-order valence-electron chi connectivity index (χ4n) is 3.37. The summed E-state index contributed by atoms with van der Waals surface area (Å²) in [5, 5.41) is 15.5. The largest absolute Gasteiger partial charge is 0.372 e. The lowest BCUT2D eigenvalue weighted by molar-refractivity contribution is -0.0317. The highest BCUT2D eigenvalue weighted by Gasteiger charge is 2.30. The van der Waals surface area contributed by atoms with Crippen LogP contribution in [0.3, 0.4) is 0 Å². The van der Waals surface area contributed by atoms with E-state index in [1.165, 1.54) is 4.63 Å². The maximum Gasteiger partial charge on any atom is 0.255 e. The van der Waals surface area contributed by atoms with Crippen LogP contribution in [0.15, 0.2) is 36.8 Å². The van der Waals surface area contributed by atoms with Crippen LogP contribution in [0.1, 0.15) is 35.0 Å². The Kier molecular flexibility index (Phi) is 4.19. The number of carbonyl (C=O) groups is 1. The summed E-state index contributed by atoms with van der Waals surface area (Å²) in [5.74, 6) is 0.0744. The first-order chi connectivity index (χ1) is 12.2. The normalized spacial score (nSPS) is 20.7. The molecule has 3 aromatic rings. The second kappa shape index (κ2) is 6.64. The van der Waals surface area contributed by atoms with Crippen molar-refractivity contribution in [3.63, 3.8) is 0 Å². The Balaban J connectivity index is 1.47. The zero-order valence-corrected chi connectivity index (χ0v) is 14.0. The molecular weight excluding hydrogens is 320 g/mol. The van der Waals surface area contributed by atoms with Crippen LogP contribution < -0.4 is 5.32 Å². The number of aryl methyl sites for hydroxylation is 1. The van der Waals surface area contributed by atoms with E-state index in [4.69, 9.17) is 4.74 Å². The summed E-state index contributed by atoms with van der Waals surface area (Å²) in [6.07, 6.45) is 6.91. The number of nitrogens with one attached hydrogen (secondary N) is 1. The number of rotatable bonds is 4. The Bertz CT molecular complexity index is 886. The van der Waals surface area contributed by atoms with Gasteiger partial charge in [-0.3, -0.25) is 9.48 Å². The SMILES string of the molecule is Cn1nccc1[C@@H]1OCCC[C@H]1CNC(=O)c1cnn2ncccc12. The molecule has 1 aliphatic rings. The molecule has 3 aromatic heterocycles. The van der Waals surface area contributed by atoms with Crippen LogP contribution in [0, 0.1) is 5.92 Å². The molecule has 1 aliphatic heterocycles. The molecule has 130 valence electrons. The Labute approximate surface area is 144 Å². The molecule has 2 atom stereocenters. The standard InChI is InChI=1S/C17H20N6O2/c1-22-15(6-8-19-22)16-12(4-3-9-25-16)10-18-17(24)13-11-21-23-14(13)5-2-7-20-23/h2,5-8,11-12,16H,3-4,9-10H2,1H3,(H,18,24)/t12-,16+/m0/s1. The van der Waals surface area contributed by atoms with Gasteiger partial charge in [-0.2, -0.15) is 19.9 Å². The van der Waals surface area contributed by atoms with Crippen LogP contribution in [0.25, 0.3) is 5.52 Å². The number of hydrogen-bond donors (Lipinski definition) is 1. The highest BCUT2D eigenvalue weighted by molar-refractivity contribution is 6.00. The van der Waals surface area contributed by atoms with Gasteiger partial charge in [-0.05, 0) is 31.0 Å². The lowest BCUT2D eigenvalue weighted by Gasteiger charge is -2.31. The van der Waals surface area contributed by atoms with Crippen molar-refractivity contribution in [2.75, 3.05) is 13.2 Å². The van der Waals surface area contributed by atoms with Gasteiger partial charge in [-0.1, -0.05) is 0 Å². The van der Waals surface area contributed by atoms with Crippen molar-refractivity contribution in [2.45, 2.75) is 18.9 Å². The third kappa shape index (κ3) is 3.00. The second-order valence-corrected chi connectivity index (χ2v) is 6.24. The molecule has 4 heterocycles. The first-order valence-corrected chi connectivity index (χ1v) is 8.41. The fraction of sp³-hybridized carbons (Fsp3) is 0.412.